The Morgan fingerprint density at radius 1 is 1.19 bits per heavy atom. The first-order valence-corrected chi connectivity index (χ1v) is 12.8. The van der Waals surface area contributed by atoms with Gasteiger partial charge in [-0.3, -0.25) is 14.4 Å². The van der Waals surface area contributed by atoms with E-state index in [1.165, 1.54) is 37.1 Å². The molecule has 2 unspecified atom stereocenters. The number of nitrogens with zero attached hydrogens (tertiary/aromatic N) is 1. The van der Waals surface area contributed by atoms with E-state index < -0.39 is 54.7 Å². The van der Waals surface area contributed by atoms with Gasteiger partial charge >= 0.3 is 12.1 Å². The Morgan fingerprint density at radius 2 is 1.86 bits per heavy atom. The molecule has 0 aromatic heterocycles. The van der Waals surface area contributed by atoms with Gasteiger partial charge in [0.1, 0.15) is 30.0 Å². The summed E-state index contributed by atoms with van der Waals surface area (Å²) >= 11 is 1.47. The van der Waals surface area contributed by atoms with Crippen molar-refractivity contribution in [1.29, 1.82) is 0 Å². The number of carbonyl (C=O) groups is 4. The molecule has 3 amide bonds. The highest BCUT2D eigenvalue weighted by Gasteiger charge is 2.36. The molecule has 0 heterocycles. The van der Waals surface area contributed by atoms with E-state index in [0.29, 0.717) is 16.9 Å². The number of aliphatic hydroxyl groups is 1. The molecule has 0 radical (unpaired) electrons. The highest BCUT2D eigenvalue weighted by atomic mass is 32.2. The summed E-state index contributed by atoms with van der Waals surface area (Å²) in [6.45, 7) is 5.57. The Labute approximate surface area is 215 Å². The van der Waals surface area contributed by atoms with Crippen LogP contribution in [0.4, 0.5) is 4.79 Å². The zero-order valence-electron chi connectivity index (χ0n) is 21.6. The van der Waals surface area contributed by atoms with Gasteiger partial charge in [0.05, 0.1) is 13.7 Å². The van der Waals surface area contributed by atoms with Gasteiger partial charge in [-0.05, 0) is 69.4 Å². The fraction of sp³-hybridized carbons (Fsp3) is 0.583. The highest BCUT2D eigenvalue weighted by Crippen LogP contribution is 2.27. The fourth-order valence-corrected chi connectivity index (χ4v) is 3.74. The predicted molar refractivity (Wildman–Crippen MR) is 136 cm³/mol. The lowest BCUT2D eigenvalue weighted by atomic mass is 10.00. The van der Waals surface area contributed by atoms with Gasteiger partial charge in [-0.1, -0.05) is 6.07 Å². The lowest BCUT2D eigenvalue weighted by Crippen LogP contribution is -2.54. The first-order valence-electron chi connectivity index (χ1n) is 11.4. The average Bonchev–Trinajstić information content (AvgIpc) is 2.80. The molecule has 11 nitrogen and oxygen atoms in total. The number of thioether (sulfide) groups is 1. The molecule has 202 valence electrons. The van der Waals surface area contributed by atoms with Crippen molar-refractivity contribution in [2.24, 2.45) is 0 Å². The van der Waals surface area contributed by atoms with Gasteiger partial charge in [-0.2, -0.15) is 11.8 Å². The maximum absolute atomic E-state index is 13.7. The third-order valence-electron chi connectivity index (χ3n) is 4.95. The number of aromatic hydroxyl groups is 1. The van der Waals surface area contributed by atoms with Crippen LogP contribution in [-0.2, 0) is 23.9 Å². The van der Waals surface area contributed by atoms with E-state index in [9.17, 15) is 29.4 Å². The van der Waals surface area contributed by atoms with Crippen molar-refractivity contribution in [2.45, 2.75) is 51.8 Å². The minimum atomic E-state index is -1.27. The average molecular weight is 528 g/mol. The van der Waals surface area contributed by atoms with E-state index in [2.05, 4.69) is 15.4 Å². The topological polar surface area (TPSA) is 154 Å². The predicted octanol–water partition coefficient (Wildman–Crippen LogP) is 1.50. The number of alkyl carbamates (subject to hydrolysis) is 1. The van der Waals surface area contributed by atoms with Gasteiger partial charge in [0.15, 0.2) is 0 Å². The number of nitrogens with one attached hydrogen (secondary N) is 2. The van der Waals surface area contributed by atoms with Crippen LogP contribution in [0.3, 0.4) is 0 Å². The molecule has 0 aliphatic rings. The van der Waals surface area contributed by atoms with Crippen molar-refractivity contribution in [2.75, 3.05) is 38.8 Å². The standard InChI is InChI=1S/C24H37N3O8S/c1-15-13-16(7-8-18(15)29)20(21(31)25-14-19(30)34-5)27(10-11-28)22(32)17(9-12-36-6)26-23(33)35-24(2,3)4/h7-8,13,17,20,28-29H,9-12,14H2,1-6H3,(H,25,31)(H,26,33). The summed E-state index contributed by atoms with van der Waals surface area (Å²) in [5.41, 5.74) is 0.0119. The Kier molecular flexibility index (Phi) is 12.5. The number of hydrogen-bond donors (Lipinski definition) is 4. The van der Waals surface area contributed by atoms with Crippen molar-refractivity contribution in [3.63, 3.8) is 0 Å². The second-order valence-electron chi connectivity index (χ2n) is 8.98. The van der Waals surface area contributed by atoms with E-state index >= 15 is 0 Å². The maximum Gasteiger partial charge on any atom is 0.408 e. The smallest absolute Gasteiger partial charge is 0.408 e. The molecule has 36 heavy (non-hydrogen) atoms. The van der Waals surface area contributed by atoms with Gasteiger partial charge in [0.25, 0.3) is 0 Å². The summed E-state index contributed by atoms with van der Waals surface area (Å²) in [6, 6.07) is 2.07. The van der Waals surface area contributed by atoms with Crippen molar-refractivity contribution in [3.05, 3.63) is 29.3 Å². The molecule has 0 aliphatic heterocycles. The summed E-state index contributed by atoms with van der Waals surface area (Å²) in [5.74, 6) is -1.48. The zero-order chi connectivity index (χ0) is 27.5. The van der Waals surface area contributed by atoms with E-state index in [1.54, 1.807) is 27.7 Å². The largest absolute Gasteiger partial charge is 0.508 e. The monoisotopic (exact) mass is 527 g/mol. The molecule has 0 bridgehead atoms. The van der Waals surface area contributed by atoms with Crippen LogP contribution >= 0.6 is 11.8 Å². The lowest BCUT2D eigenvalue weighted by Gasteiger charge is -2.34. The number of aliphatic hydroxyl groups excluding tert-OH is 1. The first-order chi connectivity index (χ1) is 16.8. The molecular weight excluding hydrogens is 490 g/mol. The Morgan fingerprint density at radius 3 is 2.39 bits per heavy atom. The molecule has 1 aromatic carbocycles. The van der Waals surface area contributed by atoms with E-state index in [1.807, 2.05) is 6.26 Å². The van der Waals surface area contributed by atoms with Crippen molar-refractivity contribution in [1.82, 2.24) is 15.5 Å². The molecule has 12 heteroatoms. The number of rotatable bonds is 12. The number of benzene rings is 1. The molecule has 1 rings (SSSR count). The molecule has 0 saturated carbocycles. The van der Waals surface area contributed by atoms with Crippen LogP contribution < -0.4 is 10.6 Å². The van der Waals surface area contributed by atoms with Gasteiger partial charge in [0, 0.05) is 6.54 Å². The number of phenols is 1. The van der Waals surface area contributed by atoms with Gasteiger partial charge < -0.3 is 35.2 Å². The summed E-state index contributed by atoms with van der Waals surface area (Å²) in [4.78, 5) is 52.2. The molecule has 0 fully saturated rings. The highest BCUT2D eigenvalue weighted by molar-refractivity contribution is 7.98. The van der Waals surface area contributed by atoms with Crippen LogP contribution in [0.1, 0.15) is 44.4 Å². The van der Waals surface area contributed by atoms with Crippen LogP contribution in [-0.4, -0.2) is 89.4 Å². The molecule has 1 aromatic rings. The van der Waals surface area contributed by atoms with Gasteiger partial charge in [0.2, 0.25) is 11.8 Å². The summed E-state index contributed by atoms with van der Waals surface area (Å²) in [7, 11) is 1.18. The number of ether oxygens (including phenoxy) is 2. The number of esters is 1. The SMILES string of the molecule is COC(=O)CNC(=O)C(c1ccc(O)c(C)c1)N(CCO)C(=O)C(CCSC)NC(=O)OC(C)(C)C. The molecular formula is C24H37N3O8S. The Bertz CT molecular complexity index is 919. The van der Waals surface area contributed by atoms with Crippen LogP contribution in [0.25, 0.3) is 0 Å². The minimum Gasteiger partial charge on any atom is -0.508 e. The Hall–Kier alpha value is -2.99. The number of amides is 3. The quantitative estimate of drug-likeness (QED) is 0.296. The van der Waals surface area contributed by atoms with E-state index in [4.69, 9.17) is 4.74 Å². The summed E-state index contributed by atoms with van der Waals surface area (Å²) in [6.07, 6.45) is 1.30. The second kappa shape index (κ2) is 14.5. The molecule has 0 aliphatic carbocycles. The Balaban J connectivity index is 3.43. The maximum atomic E-state index is 13.7. The van der Waals surface area contributed by atoms with Gasteiger partial charge in [-0.15, -0.1) is 0 Å². The molecule has 4 N–H and O–H groups in total. The van der Waals surface area contributed by atoms with Crippen molar-refractivity contribution < 1.29 is 38.9 Å². The van der Waals surface area contributed by atoms with Crippen LogP contribution in [0.2, 0.25) is 0 Å². The normalized spacial score (nSPS) is 12.8. The number of hydrogen-bond acceptors (Lipinski definition) is 9. The number of carbonyl (C=O) groups excluding carboxylic acids is 4. The second-order valence-corrected chi connectivity index (χ2v) is 9.96. The third kappa shape index (κ3) is 9.94. The van der Waals surface area contributed by atoms with E-state index in [0.717, 1.165) is 4.90 Å². The number of phenolic OH excluding ortho intramolecular Hbond substituents is 1. The minimum absolute atomic E-state index is 0.00283. The van der Waals surface area contributed by atoms with E-state index in [-0.39, 0.29) is 18.7 Å². The zero-order valence-corrected chi connectivity index (χ0v) is 22.4. The third-order valence-corrected chi connectivity index (χ3v) is 5.60. The van der Waals surface area contributed by atoms with Gasteiger partial charge in [-0.25, -0.2) is 4.79 Å². The molecule has 2 atom stereocenters. The lowest BCUT2D eigenvalue weighted by molar-refractivity contribution is -0.145. The first kappa shape index (κ1) is 31.0. The number of aryl methyl sites for hydroxylation is 1. The van der Waals surface area contributed by atoms with Crippen LogP contribution in [0.15, 0.2) is 18.2 Å². The van der Waals surface area contributed by atoms with Crippen LogP contribution in [0.5, 0.6) is 5.75 Å². The summed E-state index contributed by atoms with van der Waals surface area (Å²) in [5, 5.41) is 24.7. The van der Waals surface area contributed by atoms with Crippen LogP contribution in [0, 0.1) is 6.92 Å². The molecule has 0 spiro atoms. The summed E-state index contributed by atoms with van der Waals surface area (Å²) < 4.78 is 9.87. The van der Waals surface area contributed by atoms with Crippen molar-refractivity contribution in [3.8, 4) is 5.75 Å². The molecule has 0 saturated heterocycles. The van der Waals surface area contributed by atoms with Crippen molar-refractivity contribution >= 4 is 35.6 Å². The fourth-order valence-electron chi connectivity index (χ4n) is 3.27. The number of methoxy groups -OCH3 is 1.